The number of nitrogens with zero attached hydrogens (tertiary/aromatic N) is 1. The molecule has 2 aliphatic rings. The van der Waals surface area contributed by atoms with Gasteiger partial charge in [0.25, 0.3) is 0 Å². The van der Waals surface area contributed by atoms with Gasteiger partial charge in [-0.3, -0.25) is 4.90 Å². The number of hydrogen-bond acceptors (Lipinski definition) is 2. The van der Waals surface area contributed by atoms with Crippen LogP contribution in [0.2, 0.25) is 0 Å². The zero-order valence-corrected chi connectivity index (χ0v) is 12.8. The van der Waals surface area contributed by atoms with E-state index in [0.29, 0.717) is 24.5 Å². The predicted molar refractivity (Wildman–Crippen MR) is 79.9 cm³/mol. The highest BCUT2D eigenvalue weighted by Crippen LogP contribution is 2.37. The minimum atomic E-state index is -0.483. The summed E-state index contributed by atoms with van der Waals surface area (Å²) in [4.78, 5) is 2.42. The molecule has 116 valence electrons. The van der Waals surface area contributed by atoms with Gasteiger partial charge in [-0.2, -0.15) is 0 Å². The molecule has 2 atom stereocenters. The molecule has 4 heteroatoms. The van der Waals surface area contributed by atoms with Crippen LogP contribution in [0, 0.1) is 23.5 Å². The van der Waals surface area contributed by atoms with E-state index in [2.05, 4.69) is 24.1 Å². The van der Waals surface area contributed by atoms with Crippen molar-refractivity contribution in [2.24, 2.45) is 11.8 Å². The zero-order chi connectivity index (χ0) is 15.0. The molecular formula is C17H24F2N2. The average molecular weight is 294 g/mol. The van der Waals surface area contributed by atoms with Gasteiger partial charge in [-0.25, -0.2) is 8.78 Å². The van der Waals surface area contributed by atoms with Gasteiger partial charge in [0.1, 0.15) is 11.6 Å². The maximum Gasteiger partial charge on any atom is 0.126 e. The third-order valence-corrected chi connectivity index (χ3v) is 4.77. The van der Waals surface area contributed by atoms with Crippen LogP contribution in [0.1, 0.15) is 32.3 Å². The quantitative estimate of drug-likeness (QED) is 0.917. The molecule has 1 aliphatic carbocycles. The molecule has 0 amide bonds. The summed E-state index contributed by atoms with van der Waals surface area (Å²) in [7, 11) is 0. The molecule has 1 aliphatic heterocycles. The highest BCUT2D eigenvalue weighted by molar-refractivity contribution is 5.18. The summed E-state index contributed by atoms with van der Waals surface area (Å²) in [6, 6.07) is 4.82. The van der Waals surface area contributed by atoms with E-state index in [0.717, 1.165) is 30.6 Å². The number of hydrogen-bond donors (Lipinski definition) is 1. The molecule has 2 fully saturated rings. The van der Waals surface area contributed by atoms with Gasteiger partial charge >= 0.3 is 0 Å². The van der Waals surface area contributed by atoms with Crippen molar-refractivity contribution in [3.8, 4) is 0 Å². The van der Waals surface area contributed by atoms with Crippen molar-refractivity contribution in [2.45, 2.75) is 45.3 Å². The Hall–Kier alpha value is -1.00. The Balaban J connectivity index is 1.75. The lowest BCUT2D eigenvalue weighted by molar-refractivity contribution is 0.0924. The Morgan fingerprint density at radius 1 is 1.19 bits per heavy atom. The Morgan fingerprint density at radius 3 is 2.43 bits per heavy atom. The second-order valence-electron chi connectivity index (χ2n) is 6.87. The maximum atomic E-state index is 13.4. The van der Waals surface area contributed by atoms with Crippen LogP contribution in [0.15, 0.2) is 18.2 Å². The van der Waals surface area contributed by atoms with Gasteiger partial charge in [-0.1, -0.05) is 13.8 Å². The second-order valence-corrected chi connectivity index (χ2v) is 6.87. The van der Waals surface area contributed by atoms with Crippen molar-refractivity contribution < 1.29 is 8.78 Å². The molecule has 1 saturated heterocycles. The highest BCUT2D eigenvalue weighted by Gasteiger charge is 2.39. The fourth-order valence-corrected chi connectivity index (χ4v) is 3.36. The van der Waals surface area contributed by atoms with Crippen LogP contribution in [0.4, 0.5) is 8.78 Å². The van der Waals surface area contributed by atoms with Crippen molar-refractivity contribution in [3.63, 3.8) is 0 Å². The van der Waals surface area contributed by atoms with E-state index >= 15 is 0 Å². The summed E-state index contributed by atoms with van der Waals surface area (Å²) < 4.78 is 26.8. The molecule has 0 spiro atoms. The van der Waals surface area contributed by atoms with Crippen molar-refractivity contribution in [1.29, 1.82) is 0 Å². The number of rotatable bonds is 4. The first-order valence-electron chi connectivity index (χ1n) is 7.95. The van der Waals surface area contributed by atoms with E-state index < -0.39 is 11.6 Å². The minimum Gasteiger partial charge on any atom is -0.311 e. The number of benzene rings is 1. The van der Waals surface area contributed by atoms with E-state index in [1.807, 2.05) is 0 Å². The molecule has 1 aromatic carbocycles. The van der Waals surface area contributed by atoms with E-state index in [1.165, 1.54) is 25.0 Å². The lowest BCUT2D eigenvalue weighted by atomic mass is 9.97. The van der Waals surface area contributed by atoms with E-state index in [-0.39, 0.29) is 0 Å². The molecule has 2 unspecified atom stereocenters. The van der Waals surface area contributed by atoms with Gasteiger partial charge < -0.3 is 5.32 Å². The van der Waals surface area contributed by atoms with Crippen molar-refractivity contribution in [3.05, 3.63) is 35.4 Å². The Morgan fingerprint density at radius 2 is 1.86 bits per heavy atom. The molecule has 2 nitrogen and oxygen atoms in total. The molecule has 3 rings (SSSR count). The minimum absolute atomic E-state index is 0.457. The fourth-order valence-electron chi connectivity index (χ4n) is 3.36. The third kappa shape index (κ3) is 3.61. The Labute approximate surface area is 125 Å². The molecule has 0 aromatic heterocycles. The van der Waals surface area contributed by atoms with Crippen molar-refractivity contribution >= 4 is 0 Å². The van der Waals surface area contributed by atoms with Crippen LogP contribution in [-0.4, -0.2) is 30.1 Å². The van der Waals surface area contributed by atoms with Crippen molar-refractivity contribution in [2.75, 3.05) is 13.1 Å². The summed E-state index contributed by atoms with van der Waals surface area (Å²) in [6.07, 6.45) is 2.57. The standard InChI is InChI=1S/C17H24F2N2/c1-11(2)16-10-21(17(8-20-16)13-3-4-13)9-12-5-14(18)7-15(19)6-12/h5-7,11,13,16-17,20H,3-4,8-10H2,1-2H3. The van der Waals surface area contributed by atoms with Crippen LogP contribution < -0.4 is 5.32 Å². The number of nitrogens with one attached hydrogen (secondary N) is 1. The van der Waals surface area contributed by atoms with Crippen LogP contribution in [0.5, 0.6) is 0 Å². The molecule has 1 saturated carbocycles. The van der Waals surface area contributed by atoms with Gasteiger partial charge in [0.2, 0.25) is 0 Å². The van der Waals surface area contributed by atoms with Crippen molar-refractivity contribution in [1.82, 2.24) is 10.2 Å². The first kappa shape index (κ1) is 14.9. The summed E-state index contributed by atoms with van der Waals surface area (Å²) in [6.45, 7) is 7.02. The van der Waals surface area contributed by atoms with Gasteiger partial charge in [0.05, 0.1) is 0 Å². The second kappa shape index (κ2) is 6.01. The van der Waals surface area contributed by atoms with E-state index in [9.17, 15) is 8.78 Å². The summed E-state index contributed by atoms with van der Waals surface area (Å²) in [5, 5.41) is 3.64. The summed E-state index contributed by atoms with van der Waals surface area (Å²) in [5.74, 6) is 0.355. The number of halogens is 2. The topological polar surface area (TPSA) is 15.3 Å². The van der Waals surface area contributed by atoms with Crippen LogP contribution >= 0.6 is 0 Å². The van der Waals surface area contributed by atoms with Gasteiger partial charge in [-0.05, 0) is 42.4 Å². The molecular weight excluding hydrogens is 270 g/mol. The van der Waals surface area contributed by atoms with E-state index in [4.69, 9.17) is 0 Å². The molecule has 0 radical (unpaired) electrons. The monoisotopic (exact) mass is 294 g/mol. The highest BCUT2D eigenvalue weighted by atomic mass is 19.1. The fraction of sp³-hybridized carbons (Fsp3) is 0.647. The van der Waals surface area contributed by atoms with Crippen LogP contribution in [-0.2, 0) is 6.54 Å². The largest absolute Gasteiger partial charge is 0.311 e. The average Bonchev–Trinajstić information content (AvgIpc) is 3.21. The van der Waals surface area contributed by atoms with Gasteiger partial charge in [0, 0.05) is 37.8 Å². The lowest BCUT2D eigenvalue weighted by Crippen LogP contribution is -2.58. The van der Waals surface area contributed by atoms with Gasteiger partial charge in [-0.15, -0.1) is 0 Å². The normalized spacial score (nSPS) is 27.3. The van der Waals surface area contributed by atoms with Crippen LogP contribution in [0.3, 0.4) is 0 Å². The lowest BCUT2D eigenvalue weighted by Gasteiger charge is -2.42. The maximum absolute atomic E-state index is 13.4. The molecule has 1 aromatic rings. The predicted octanol–water partition coefficient (Wildman–Crippen LogP) is 3.17. The first-order valence-corrected chi connectivity index (χ1v) is 7.95. The Kier molecular flexibility index (Phi) is 4.27. The SMILES string of the molecule is CC(C)C1CN(Cc2cc(F)cc(F)c2)C(C2CC2)CN1. The smallest absolute Gasteiger partial charge is 0.126 e. The van der Waals surface area contributed by atoms with Gasteiger partial charge in [0.15, 0.2) is 0 Å². The number of piperazine rings is 1. The first-order chi connectivity index (χ1) is 10.0. The van der Waals surface area contributed by atoms with Crippen LogP contribution in [0.25, 0.3) is 0 Å². The summed E-state index contributed by atoms with van der Waals surface area (Å²) >= 11 is 0. The van der Waals surface area contributed by atoms with E-state index in [1.54, 1.807) is 0 Å². The molecule has 0 bridgehead atoms. The molecule has 1 heterocycles. The molecule has 21 heavy (non-hydrogen) atoms. The Bertz CT molecular complexity index is 479. The summed E-state index contributed by atoms with van der Waals surface area (Å²) in [5.41, 5.74) is 0.738. The third-order valence-electron chi connectivity index (χ3n) is 4.77. The molecule has 1 N–H and O–H groups in total. The zero-order valence-electron chi connectivity index (χ0n) is 12.8.